The maximum Gasteiger partial charge on any atom is 0.0465 e. The summed E-state index contributed by atoms with van der Waals surface area (Å²) in [6.07, 6.45) is 50.8. The average molecular weight is 1740 g/mol. The first-order valence-corrected chi connectivity index (χ1v) is 52.6. The minimum atomic E-state index is -0.0376. The van der Waals surface area contributed by atoms with Gasteiger partial charge in [-0.3, -0.25) is 0 Å². The van der Waals surface area contributed by atoms with Crippen LogP contribution in [-0.2, 0) is 58.2 Å². The highest BCUT2D eigenvalue weighted by atomic mass is 15.2. The molecule has 3 nitrogen and oxygen atoms in total. The van der Waals surface area contributed by atoms with Crippen molar-refractivity contribution in [3.05, 3.63) is 363 Å². The van der Waals surface area contributed by atoms with Crippen LogP contribution in [0.5, 0.6) is 0 Å². The molecule has 0 amide bonds. The van der Waals surface area contributed by atoms with Crippen LogP contribution < -0.4 is 14.7 Å². The maximum absolute atomic E-state index is 4.08. The van der Waals surface area contributed by atoms with Gasteiger partial charge in [0, 0.05) is 62.0 Å². The number of aryl methyl sites for hydroxylation is 7. The van der Waals surface area contributed by atoms with Gasteiger partial charge in [0.2, 0.25) is 0 Å². The number of unbranched alkanes of at least 4 members (excludes halogenated alkanes) is 12. The summed E-state index contributed by atoms with van der Waals surface area (Å²) in [5.74, 6) is 3.28. The molecule has 4 unspecified atom stereocenters. The molecule has 12 aliphatic rings. The van der Waals surface area contributed by atoms with Gasteiger partial charge >= 0.3 is 0 Å². The summed E-state index contributed by atoms with van der Waals surface area (Å²) in [4.78, 5) is 7.52. The number of fused-ring (bicyclic) bond motifs is 8. The van der Waals surface area contributed by atoms with Crippen molar-refractivity contribution < 1.29 is 0 Å². The van der Waals surface area contributed by atoms with Crippen molar-refractivity contribution in [2.24, 2.45) is 23.7 Å². The molecule has 3 heteroatoms. The Labute approximate surface area is 793 Å². The Kier molecular flexibility index (Phi) is 24.5. The summed E-state index contributed by atoms with van der Waals surface area (Å²) in [6.45, 7) is 24.1. The van der Waals surface area contributed by atoms with E-state index in [-0.39, 0.29) is 27.1 Å². The molecule has 0 N–H and O–H groups in total. The maximum atomic E-state index is 4.08. The Bertz CT molecular complexity index is 6020. The Morgan fingerprint density at radius 1 is 0.258 bits per heavy atom. The lowest BCUT2D eigenvalue weighted by Gasteiger charge is -2.63. The van der Waals surface area contributed by atoms with E-state index in [4.69, 9.17) is 0 Å². The molecule has 0 aromatic heterocycles. The molecule has 8 bridgehead atoms. The molecule has 8 saturated carbocycles. The minimum absolute atomic E-state index is 0.0330. The van der Waals surface area contributed by atoms with Gasteiger partial charge in [-0.1, -0.05) is 318 Å². The molecule has 12 aromatic carbocycles. The summed E-state index contributed by atoms with van der Waals surface area (Å²) in [5.41, 5.74) is 43.4. The fourth-order valence-corrected chi connectivity index (χ4v) is 29.3. The number of benzene rings is 12. The highest BCUT2D eigenvalue weighted by Gasteiger charge is 2.61. The first-order valence-electron chi connectivity index (χ1n) is 52.6. The topological polar surface area (TPSA) is 9.72 Å². The van der Waals surface area contributed by atoms with Crippen LogP contribution in [0.25, 0.3) is 34.4 Å². The number of hydrogen-bond donors (Lipinski definition) is 0. The second-order valence-electron chi connectivity index (χ2n) is 44.0. The van der Waals surface area contributed by atoms with Gasteiger partial charge in [-0.15, -0.1) is 0 Å². The van der Waals surface area contributed by atoms with Crippen molar-refractivity contribution in [2.75, 3.05) is 14.7 Å². The van der Waals surface area contributed by atoms with Crippen LogP contribution in [0.1, 0.15) is 328 Å². The van der Waals surface area contributed by atoms with Crippen LogP contribution in [0, 0.1) is 44.4 Å². The van der Waals surface area contributed by atoms with Crippen LogP contribution >= 0.6 is 0 Å². The zero-order chi connectivity index (χ0) is 89.9. The summed E-state index contributed by atoms with van der Waals surface area (Å²) >= 11 is 0. The quantitative estimate of drug-likeness (QED) is 0.0367. The van der Waals surface area contributed by atoms with Crippen molar-refractivity contribution >= 4 is 63.3 Å². The first kappa shape index (κ1) is 88.1. The van der Waals surface area contributed by atoms with E-state index in [1.807, 2.05) is 12.2 Å². The van der Waals surface area contributed by atoms with Gasteiger partial charge in [-0.2, -0.15) is 0 Å². The summed E-state index contributed by atoms with van der Waals surface area (Å²) in [5, 5.41) is 0. The molecule has 8 fully saturated rings. The minimum Gasteiger partial charge on any atom is -0.311 e. The molecule has 12 aromatic rings. The molecule has 0 heterocycles. The molecule has 4 atom stereocenters. The molecule has 132 heavy (non-hydrogen) atoms. The highest BCUT2D eigenvalue weighted by molar-refractivity contribution is 5.90. The van der Waals surface area contributed by atoms with E-state index < -0.39 is 0 Å². The molecule has 0 spiro atoms. The molecule has 12 aliphatic carbocycles. The van der Waals surface area contributed by atoms with Crippen LogP contribution in [0.3, 0.4) is 0 Å². The van der Waals surface area contributed by atoms with E-state index >= 15 is 0 Å². The predicted molar refractivity (Wildman–Crippen MR) is 563 cm³/mol. The van der Waals surface area contributed by atoms with E-state index in [0.29, 0.717) is 5.41 Å². The number of rotatable bonds is 35. The van der Waals surface area contributed by atoms with Crippen molar-refractivity contribution in [2.45, 2.75) is 312 Å². The lowest BCUT2D eigenvalue weighted by atomic mass is 9.41. The number of anilines is 9. The van der Waals surface area contributed by atoms with Crippen LogP contribution in [-0.4, -0.2) is 0 Å². The Morgan fingerprint density at radius 3 is 0.803 bits per heavy atom. The van der Waals surface area contributed by atoms with Crippen LogP contribution in [0.15, 0.2) is 268 Å². The fraction of sp³-hybridized carbons (Fsp3) is 0.411. The monoisotopic (exact) mass is 1740 g/mol. The summed E-state index contributed by atoms with van der Waals surface area (Å²) in [7, 11) is 0. The van der Waals surface area contributed by atoms with Crippen LogP contribution in [0.4, 0.5) is 51.2 Å². The first-order chi connectivity index (χ1) is 64.6. The fourth-order valence-electron chi connectivity index (χ4n) is 29.3. The standard InChI is InChI=1S/C70H78N2.C59H67N/c1-7-10-12-14-40-70(41-15-13-11-8-2)66-43-57(69-47-54-42-55(48-69)46-68(45-54,49-69)56-24-22-53(9-3)23-25-56)26-38-64(66)65-39-37-63(44-67(65)70)72(60-31-20-52(6)21-32-60)62-35-33-61(34-36-62)71(58-27-16-50(4)17-28-58)59-29-18-51(5)19-30-59;1-4-7-9-11-29-59(30-12-10-8-5-2)55-34-49(58-38-42-31-43(39-58)37-57(36-42,40-58)48-21-13-41(6-3)14-22-48)23-27-53(55)54-28-26-52(35-56(54)59)60(50-24-19-44-15-17-46(44)32-50)51-25-20-45-16-18-47(45)33-51/h9,16-39,43-44,54-55H,3,7-8,10-15,40-42,45-49H2,1-2,4-6H3;6,13-14,19-28,32-35,42-43H,3-5,7-12,15-18,29-31,36-40H2,1-2H3. The summed E-state index contributed by atoms with van der Waals surface area (Å²) in [6, 6.07) is 102. The van der Waals surface area contributed by atoms with E-state index in [9.17, 15) is 0 Å². The molecule has 0 saturated heterocycles. The molecular weight excluding hydrogens is 1590 g/mol. The highest BCUT2D eigenvalue weighted by Crippen LogP contribution is 2.70. The van der Waals surface area contributed by atoms with Gasteiger partial charge in [-0.05, 0) is 404 Å². The second kappa shape index (κ2) is 36.7. The Hall–Kier alpha value is -10.5. The van der Waals surface area contributed by atoms with E-state index in [1.54, 1.807) is 44.5 Å². The smallest absolute Gasteiger partial charge is 0.0465 e. The predicted octanol–water partition coefficient (Wildman–Crippen LogP) is 36.2. The van der Waals surface area contributed by atoms with Crippen molar-refractivity contribution in [1.29, 1.82) is 0 Å². The van der Waals surface area contributed by atoms with E-state index in [2.05, 4.69) is 331 Å². The third-order valence-electron chi connectivity index (χ3n) is 35.4. The summed E-state index contributed by atoms with van der Waals surface area (Å²) < 4.78 is 0. The van der Waals surface area contributed by atoms with E-state index in [1.165, 1.54) is 338 Å². The average Bonchev–Trinajstić information content (AvgIpc) is 1.12. The van der Waals surface area contributed by atoms with Crippen molar-refractivity contribution in [3.8, 4) is 22.3 Å². The molecular formula is C129H145N3. The van der Waals surface area contributed by atoms with Gasteiger partial charge in [0.1, 0.15) is 0 Å². The molecule has 0 radical (unpaired) electrons. The zero-order valence-corrected chi connectivity index (χ0v) is 80.9. The van der Waals surface area contributed by atoms with Gasteiger partial charge in [0.05, 0.1) is 0 Å². The van der Waals surface area contributed by atoms with Crippen LogP contribution in [0.2, 0.25) is 0 Å². The Morgan fingerprint density at radius 2 is 0.508 bits per heavy atom. The third-order valence-corrected chi connectivity index (χ3v) is 35.4. The SMILES string of the molecule is C=Cc1ccc(C23CC4CC(C2)CC(c2ccc5c(c2)C(CCCCCC)(CCCCCC)c2cc(N(c6ccc(C)cc6)c6ccc(N(c7ccc(C)cc7)c7ccc(C)cc7)cc6)ccc2-5)(C4)C3)cc1.C=Cc1ccc(C23CC4CC(C2)CC(c2ccc5c(c2)C(CCCCCC)(CCCCCC)c2cc(N(c6ccc7c(c6)CC7)c6ccc7c(c6)CC7)ccc2-5)(C4)C3)cc1. The zero-order valence-electron chi connectivity index (χ0n) is 80.9. The molecule has 24 rings (SSSR count). The normalized spacial score (nSPS) is 22.6. The van der Waals surface area contributed by atoms with Gasteiger partial charge in [-0.25, -0.2) is 0 Å². The van der Waals surface area contributed by atoms with Gasteiger partial charge in [0.25, 0.3) is 0 Å². The lowest BCUT2D eigenvalue weighted by molar-refractivity contribution is -0.0283. The van der Waals surface area contributed by atoms with Gasteiger partial charge in [0.15, 0.2) is 0 Å². The largest absolute Gasteiger partial charge is 0.311 e. The van der Waals surface area contributed by atoms with Gasteiger partial charge < -0.3 is 14.7 Å². The second-order valence-corrected chi connectivity index (χ2v) is 44.0. The third kappa shape index (κ3) is 16.2. The van der Waals surface area contributed by atoms with Crippen molar-refractivity contribution in [3.63, 3.8) is 0 Å². The van der Waals surface area contributed by atoms with E-state index in [0.717, 1.165) is 40.7 Å². The number of nitrogens with zero attached hydrogens (tertiary/aromatic N) is 3. The lowest BCUT2D eigenvalue weighted by Crippen LogP contribution is -2.56. The van der Waals surface area contributed by atoms with Crippen molar-refractivity contribution in [1.82, 2.24) is 0 Å². The molecule has 676 valence electrons. The number of hydrogen-bond acceptors (Lipinski definition) is 3. The Balaban J connectivity index is 0.000000162. The molecule has 0 aliphatic heterocycles.